The molecule has 4 rings (SSSR count). The number of piperidine rings is 1. The SMILES string of the molecule is CNC(=O)c1ccc(N2CCC(CC3CN(C(=O)C(O)(c4cccc(OC)c4)C(F)(F)F)C3)CC2)cc1Cl. The summed E-state index contributed by atoms with van der Waals surface area (Å²) in [5.74, 6) is -1.02. The minimum absolute atomic E-state index is 0.0829. The lowest BCUT2D eigenvalue weighted by Crippen LogP contribution is -2.61. The molecule has 38 heavy (non-hydrogen) atoms. The van der Waals surface area contributed by atoms with E-state index < -0.39 is 23.2 Å². The average Bonchev–Trinajstić information content (AvgIpc) is 2.88. The Morgan fingerprint density at radius 3 is 2.37 bits per heavy atom. The highest BCUT2D eigenvalue weighted by molar-refractivity contribution is 6.34. The van der Waals surface area contributed by atoms with Gasteiger partial charge in [-0.05, 0) is 61.4 Å². The summed E-state index contributed by atoms with van der Waals surface area (Å²) >= 11 is 6.29. The van der Waals surface area contributed by atoms with Crippen LogP contribution in [0.1, 0.15) is 35.2 Å². The van der Waals surface area contributed by atoms with Gasteiger partial charge < -0.3 is 25.0 Å². The third-order valence-electron chi connectivity index (χ3n) is 7.52. The standard InChI is InChI=1S/C27H31ClF3N3O4/c1-32-24(35)22-7-6-20(14-23(22)28)33-10-8-17(9-11-33)12-18-15-34(16-18)25(36)26(37,27(29,30)31)19-4-3-5-21(13-19)38-2/h3-7,13-14,17-18,37H,8-12,15-16H2,1-2H3,(H,32,35). The van der Waals surface area contributed by atoms with Crippen molar-refractivity contribution in [2.45, 2.75) is 31.0 Å². The summed E-state index contributed by atoms with van der Waals surface area (Å²) in [4.78, 5) is 28.1. The van der Waals surface area contributed by atoms with E-state index in [2.05, 4.69) is 10.2 Å². The molecular weight excluding hydrogens is 523 g/mol. The molecule has 2 N–H and O–H groups in total. The zero-order valence-corrected chi connectivity index (χ0v) is 22.0. The first-order valence-electron chi connectivity index (χ1n) is 12.5. The van der Waals surface area contributed by atoms with Crippen LogP contribution in [-0.4, -0.2) is 68.3 Å². The van der Waals surface area contributed by atoms with Crippen molar-refractivity contribution in [1.82, 2.24) is 10.2 Å². The van der Waals surface area contributed by atoms with E-state index in [9.17, 15) is 27.9 Å². The van der Waals surface area contributed by atoms with Crippen LogP contribution in [-0.2, 0) is 10.4 Å². The number of hydrogen-bond acceptors (Lipinski definition) is 5. The molecule has 1 unspecified atom stereocenters. The predicted octanol–water partition coefficient (Wildman–Crippen LogP) is 4.22. The fourth-order valence-electron chi connectivity index (χ4n) is 5.29. The third-order valence-corrected chi connectivity index (χ3v) is 7.84. The summed E-state index contributed by atoms with van der Waals surface area (Å²) in [6.45, 7) is 1.94. The Hall–Kier alpha value is -2.98. The smallest absolute Gasteiger partial charge is 0.430 e. The van der Waals surface area contributed by atoms with E-state index in [0.29, 0.717) is 16.5 Å². The molecule has 2 aliphatic rings. The third kappa shape index (κ3) is 5.42. The molecule has 0 radical (unpaired) electrons. The number of nitrogens with one attached hydrogen (secondary N) is 1. The highest BCUT2D eigenvalue weighted by Gasteiger charge is 2.63. The molecule has 0 bridgehead atoms. The fourth-order valence-corrected chi connectivity index (χ4v) is 5.55. The van der Waals surface area contributed by atoms with Crippen molar-refractivity contribution < 1.29 is 32.6 Å². The van der Waals surface area contributed by atoms with Gasteiger partial charge in [0.05, 0.1) is 17.7 Å². The molecule has 2 aromatic rings. The molecule has 7 nitrogen and oxygen atoms in total. The molecule has 11 heteroatoms. The largest absolute Gasteiger partial charge is 0.497 e. The maximum atomic E-state index is 14.0. The Morgan fingerprint density at radius 1 is 1.11 bits per heavy atom. The van der Waals surface area contributed by atoms with Crippen LogP contribution in [0.25, 0.3) is 0 Å². The van der Waals surface area contributed by atoms with Gasteiger partial charge in [0.2, 0.25) is 0 Å². The van der Waals surface area contributed by atoms with Crippen molar-refractivity contribution in [1.29, 1.82) is 0 Å². The summed E-state index contributed by atoms with van der Waals surface area (Å²) in [6.07, 6.45) is -2.58. The number of anilines is 1. The number of likely N-dealkylation sites (tertiary alicyclic amines) is 1. The van der Waals surface area contributed by atoms with Crippen molar-refractivity contribution in [2.75, 3.05) is 45.2 Å². The molecule has 2 fully saturated rings. The van der Waals surface area contributed by atoms with Gasteiger partial charge in [0.15, 0.2) is 0 Å². The van der Waals surface area contributed by atoms with Crippen LogP contribution in [0.2, 0.25) is 5.02 Å². The van der Waals surface area contributed by atoms with Crippen molar-refractivity contribution in [3.63, 3.8) is 0 Å². The predicted molar refractivity (Wildman–Crippen MR) is 137 cm³/mol. The second-order valence-electron chi connectivity index (χ2n) is 9.93. The van der Waals surface area contributed by atoms with Crippen LogP contribution in [0.15, 0.2) is 42.5 Å². The van der Waals surface area contributed by atoms with Gasteiger partial charge in [0.1, 0.15) is 5.75 Å². The molecule has 1 atom stereocenters. The molecule has 0 aromatic heterocycles. The second kappa shape index (κ2) is 11.0. The minimum Gasteiger partial charge on any atom is -0.497 e. The highest BCUT2D eigenvalue weighted by Crippen LogP contribution is 2.43. The quantitative estimate of drug-likeness (QED) is 0.536. The number of nitrogens with zero attached hydrogens (tertiary/aromatic N) is 2. The van der Waals surface area contributed by atoms with Gasteiger partial charge in [0.25, 0.3) is 17.4 Å². The summed E-state index contributed by atoms with van der Waals surface area (Å²) in [7, 11) is 2.85. The number of alkyl halides is 3. The van der Waals surface area contributed by atoms with E-state index in [1.54, 1.807) is 19.2 Å². The summed E-state index contributed by atoms with van der Waals surface area (Å²) in [5.41, 5.74) is -2.84. The van der Waals surface area contributed by atoms with Gasteiger partial charge in [-0.3, -0.25) is 9.59 Å². The van der Waals surface area contributed by atoms with E-state index in [1.165, 1.54) is 19.2 Å². The summed E-state index contributed by atoms with van der Waals surface area (Å²) in [5, 5.41) is 13.6. The van der Waals surface area contributed by atoms with Crippen LogP contribution in [0.3, 0.4) is 0 Å². The van der Waals surface area contributed by atoms with E-state index in [1.807, 2.05) is 6.07 Å². The number of rotatable bonds is 7. The molecule has 2 aromatic carbocycles. The van der Waals surface area contributed by atoms with E-state index in [4.69, 9.17) is 16.3 Å². The lowest BCUT2D eigenvalue weighted by atomic mass is 9.82. The number of aliphatic hydroxyl groups is 1. The number of methoxy groups -OCH3 is 1. The minimum atomic E-state index is -5.18. The van der Waals surface area contributed by atoms with E-state index in [-0.39, 0.29) is 30.7 Å². The molecule has 2 aliphatic heterocycles. The monoisotopic (exact) mass is 553 g/mol. The van der Waals surface area contributed by atoms with Crippen molar-refractivity contribution >= 4 is 29.1 Å². The van der Waals surface area contributed by atoms with Crippen molar-refractivity contribution in [3.05, 3.63) is 58.6 Å². The number of halogens is 4. The Kier molecular flexibility index (Phi) is 8.13. The van der Waals surface area contributed by atoms with Gasteiger partial charge in [-0.15, -0.1) is 0 Å². The summed E-state index contributed by atoms with van der Waals surface area (Å²) < 4.78 is 46.9. The van der Waals surface area contributed by atoms with Crippen LogP contribution in [0.5, 0.6) is 5.75 Å². The fraction of sp³-hybridized carbons (Fsp3) is 0.481. The molecule has 0 aliphatic carbocycles. The molecule has 206 valence electrons. The van der Waals surface area contributed by atoms with Gasteiger partial charge in [-0.25, -0.2) is 0 Å². The second-order valence-corrected chi connectivity index (χ2v) is 10.3. The maximum absolute atomic E-state index is 14.0. The molecule has 2 saturated heterocycles. The number of carbonyl (C=O) groups is 2. The zero-order valence-electron chi connectivity index (χ0n) is 21.2. The van der Waals surface area contributed by atoms with Crippen LogP contribution >= 0.6 is 11.6 Å². The molecular formula is C27H31ClF3N3O4. The van der Waals surface area contributed by atoms with Gasteiger partial charge in [0, 0.05) is 44.5 Å². The lowest BCUT2D eigenvalue weighted by molar-refractivity contribution is -0.264. The van der Waals surface area contributed by atoms with E-state index in [0.717, 1.165) is 55.1 Å². The first-order valence-corrected chi connectivity index (χ1v) is 12.8. The van der Waals surface area contributed by atoms with Crippen LogP contribution in [0.4, 0.5) is 18.9 Å². The topological polar surface area (TPSA) is 82.1 Å². The lowest BCUT2D eigenvalue weighted by Gasteiger charge is -2.45. The zero-order chi connectivity index (χ0) is 27.7. The van der Waals surface area contributed by atoms with E-state index >= 15 is 0 Å². The highest BCUT2D eigenvalue weighted by atomic mass is 35.5. The first kappa shape index (κ1) is 28.0. The van der Waals surface area contributed by atoms with Gasteiger partial charge in [-0.2, -0.15) is 13.2 Å². The molecule has 0 saturated carbocycles. The summed E-state index contributed by atoms with van der Waals surface area (Å²) in [6, 6.07) is 10.2. The average molecular weight is 554 g/mol. The number of hydrogen-bond donors (Lipinski definition) is 2. The normalized spacial score (nSPS) is 18.5. The molecule has 0 spiro atoms. The molecule has 2 amide bonds. The Labute approximate surface area is 224 Å². The van der Waals surface area contributed by atoms with Gasteiger partial charge in [-0.1, -0.05) is 23.7 Å². The Morgan fingerprint density at radius 2 is 1.79 bits per heavy atom. The Balaban J connectivity index is 1.32. The number of amides is 2. The number of ether oxygens (including phenoxy) is 1. The molecule has 2 heterocycles. The number of benzene rings is 2. The van der Waals surface area contributed by atoms with Crippen molar-refractivity contribution in [2.24, 2.45) is 11.8 Å². The van der Waals surface area contributed by atoms with Gasteiger partial charge >= 0.3 is 6.18 Å². The van der Waals surface area contributed by atoms with Crippen LogP contribution < -0.4 is 15.0 Å². The number of carbonyl (C=O) groups excluding carboxylic acids is 2. The maximum Gasteiger partial charge on any atom is 0.430 e. The Bertz CT molecular complexity index is 1180. The van der Waals surface area contributed by atoms with Crippen LogP contribution in [0, 0.1) is 11.8 Å². The first-order chi connectivity index (χ1) is 18.0. The van der Waals surface area contributed by atoms with Crippen molar-refractivity contribution in [3.8, 4) is 5.75 Å².